The Morgan fingerprint density at radius 2 is 2.04 bits per heavy atom. The summed E-state index contributed by atoms with van der Waals surface area (Å²) in [4.78, 5) is 14.7. The quantitative estimate of drug-likeness (QED) is 0.859. The molecule has 0 bridgehead atoms. The molecule has 0 radical (unpaired) electrons. The summed E-state index contributed by atoms with van der Waals surface area (Å²) in [6.45, 7) is 3.26. The predicted octanol–water partition coefficient (Wildman–Crippen LogP) is 4.43. The number of carbonyl (C=O) groups excluding carboxylic acids is 1. The second-order valence-corrected chi connectivity index (χ2v) is 6.84. The number of hydrogen-bond acceptors (Lipinski definition) is 3. The molecule has 0 saturated carbocycles. The highest BCUT2D eigenvalue weighted by Gasteiger charge is 2.27. The standard InChI is InChI=1S/C20H23ClN2O2/c1-14-5-10-18(17(21)12-14)22-20(24)13-23-11-3-4-19(23)15-6-8-16(25-2)9-7-15/h5-10,12,19H,3-4,11,13H2,1-2H3,(H,22,24). The molecule has 2 aromatic carbocycles. The van der Waals surface area contributed by atoms with Crippen molar-refractivity contribution in [1.29, 1.82) is 0 Å². The second kappa shape index (κ2) is 7.89. The number of nitrogens with one attached hydrogen (secondary N) is 1. The van der Waals surface area contributed by atoms with Crippen LogP contribution in [0.5, 0.6) is 5.75 Å². The van der Waals surface area contributed by atoms with Crippen LogP contribution >= 0.6 is 11.6 Å². The highest BCUT2D eigenvalue weighted by molar-refractivity contribution is 6.33. The Bertz CT molecular complexity index is 746. The van der Waals surface area contributed by atoms with Crippen LogP contribution in [0.3, 0.4) is 0 Å². The van der Waals surface area contributed by atoms with Gasteiger partial charge in [-0.3, -0.25) is 9.69 Å². The van der Waals surface area contributed by atoms with E-state index in [1.54, 1.807) is 7.11 Å². The minimum Gasteiger partial charge on any atom is -0.497 e. The van der Waals surface area contributed by atoms with E-state index >= 15 is 0 Å². The average Bonchev–Trinajstić information content (AvgIpc) is 3.05. The number of ether oxygens (including phenoxy) is 1. The molecule has 1 heterocycles. The van der Waals surface area contributed by atoms with Gasteiger partial charge in [0.1, 0.15) is 5.75 Å². The zero-order chi connectivity index (χ0) is 17.8. The van der Waals surface area contributed by atoms with Crippen LogP contribution in [-0.4, -0.2) is 31.0 Å². The average molecular weight is 359 g/mol. The van der Waals surface area contributed by atoms with E-state index < -0.39 is 0 Å². The Balaban J connectivity index is 1.65. The summed E-state index contributed by atoms with van der Waals surface area (Å²) in [5, 5.41) is 3.49. The second-order valence-electron chi connectivity index (χ2n) is 6.43. The molecule has 2 aromatic rings. The van der Waals surface area contributed by atoms with E-state index in [1.165, 1.54) is 5.56 Å². The zero-order valence-corrected chi connectivity index (χ0v) is 15.3. The van der Waals surface area contributed by atoms with Gasteiger partial charge in [-0.2, -0.15) is 0 Å². The first kappa shape index (κ1) is 17.8. The molecule has 1 unspecified atom stereocenters. The molecule has 1 N–H and O–H groups in total. The van der Waals surface area contributed by atoms with Crippen molar-refractivity contribution in [3.63, 3.8) is 0 Å². The number of halogens is 1. The van der Waals surface area contributed by atoms with E-state index in [0.29, 0.717) is 17.3 Å². The fourth-order valence-corrected chi connectivity index (χ4v) is 3.60. The van der Waals surface area contributed by atoms with Gasteiger partial charge in [0, 0.05) is 6.04 Å². The maximum Gasteiger partial charge on any atom is 0.238 e. The number of hydrogen-bond donors (Lipinski definition) is 1. The maximum atomic E-state index is 12.5. The van der Waals surface area contributed by atoms with Gasteiger partial charge in [-0.15, -0.1) is 0 Å². The number of likely N-dealkylation sites (tertiary alicyclic amines) is 1. The summed E-state index contributed by atoms with van der Waals surface area (Å²) in [7, 11) is 1.66. The van der Waals surface area contributed by atoms with Crippen LogP contribution < -0.4 is 10.1 Å². The fourth-order valence-electron chi connectivity index (χ4n) is 3.31. The van der Waals surface area contributed by atoms with Gasteiger partial charge in [-0.05, 0) is 61.7 Å². The van der Waals surface area contributed by atoms with Gasteiger partial charge in [0.05, 0.1) is 24.4 Å². The number of amides is 1. The summed E-state index contributed by atoms with van der Waals surface area (Å²) >= 11 is 6.20. The molecule has 1 aliphatic rings. The Labute approximate surface area is 153 Å². The molecule has 0 aliphatic carbocycles. The third kappa shape index (κ3) is 4.33. The van der Waals surface area contributed by atoms with Crippen LogP contribution in [0.25, 0.3) is 0 Å². The van der Waals surface area contributed by atoms with E-state index in [0.717, 1.165) is 30.7 Å². The minimum absolute atomic E-state index is 0.0360. The van der Waals surface area contributed by atoms with E-state index in [1.807, 2.05) is 37.3 Å². The van der Waals surface area contributed by atoms with Crippen LogP contribution in [0.15, 0.2) is 42.5 Å². The minimum atomic E-state index is -0.0360. The lowest BCUT2D eigenvalue weighted by Crippen LogP contribution is -2.33. The molecule has 0 aromatic heterocycles. The topological polar surface area (TPSA) is 41.6 Å². The van der Waals surface area contributed by atoms with Crippen molar-refractivity contribution in [3.05, 3.63) is 58.6 Å². The van der Waals surface area contributed by atoms with Gasteiger partial charge in [0.15, 0.2) is 0 Å². The molecule has 4 nitrogen and oxygen atoms in total. The Morgan fingerprint density at radius 1 is 1.28 bits per heavy atom. The molecule has 1 saturated heterocycles. The Kier molecular flexibility index (Phi) is 5.61. The zero-order valence-electron chi connectivity index (χ0n) is 14.6. The summed E-state index contributed by atoms with van der Waals surface area (Å²) in [5.41, 5.74) is 2.96. The molecular formula is C20H23ClN2O2. The molecular weight excluding hydrogens is 336 g/mol. The lowest BCUT2D eigenvalue weighted by atomic mass is 10.0. The van der Waals surface area contributed by atoms with E-state index in [4.69, 9.17) is 16.3 Å². The van der Waals surface area contributed by atoms with Crippen LogP contribution in [0.2, 0.25) is 5.02 Å². The first-order chi connectivity index (χ1) is 12.1. The van der Waals surface area contributed by atoms with Crippen molar-refractivity contribution in [2.45, 2.75) is 25.8 Å². The van der Waals surface area contributed by atoms with E-state index in [9.17, 15) is 4.79 Å². The van der Waals surface area contributed by atoms with Crippen LogP contribution in [0, 0.1) is 6.92 Å². The third-order valence-corrected chi connectivity index (χ3v) is 4.92. The van der Waals surface area contributed by atoms with Gasteiger partial charge < -0.3 is 10.1 Å². The SMILES string of the molecule is COc1ccc(C2CCCN2CC(=O)Nc2ccc(C)cc2Cl)cc1. The molecule has 3 rings (SSSR count). The van der Waals surface area contributed by atoms with Gasteiger partial charge >= 0.3 is 0 Å². The molecule has 5 heteroatoms. The Hall–Kier alpha value is -2.04. The fraction of sp³-hybridized carbons (Fsp3) is 0.350. The molecule has 1 atom stereocenters. The molecule has 1 amide bonds. The number of rotatable bonds is 5. The monoisotopic (exact) mass is 358 g/mol. The van der Waals surface area contributed by atoms with Gasteiger partial charge in [-0.1, -0.05) is 29.8 Å². The molecule has 0 spiro atoms. The Morgan fingerprint density at radius 3 is 2.72 bits per heavy atom. The summed E-state index contributed by atoms with van der Waals surface area (Å²) in [6, 6.07) is 14.0. The maximum absolute atomic E-state index is 12.5. The van der Waals surface area contributed by atoms with Gasteiger partial charge in [-0.25, -0.2) is 0 Å². The normalized spacial score (nSPS) is 17.5. The highest BCUT2D eigenvalue weighted by Crippen LogP contribution is 2.32. The van der Waals surface area contributed by atoms with E-state index in [2.05, 4.69) is 22.3 Å². The van der Waals surface area contributed by atoms with Crippen molar-refractivity contribution < 1.29 is 9.53 Å². The van der Waals surface area contributed by atoms with Crippen molar-refractivity contribution in [3.8, 4) is 5.75 Å². The molecule has 1 fully saturated rings. The number of aryl methyl sites for hydroxylation is 1. The number of benzene rings is 2. The number of anilines is 1. The van der Waals surface area contributed by atoms with Gasteiger partial charge in [0.25, 0.3) is 0 Å². The van der Waals surface area contributed by atoms with Crippen molar-refractivity contribution in [1.82, 2.24) is 4.90 Å². The van der Waals surface area contributed by atoms with Crippen LogP contribution in [0.1, 0.15) is 30.0 Å². The first-order valence-electron chi connectivity index (χ1n) is 8.51. The summed E-state index contributed by atoms with van der Waals surface area (Å²) < 4.78 is 5.22. The number of nitrogens with zero attached hydrogens (tertiary/aromatic N) is 1. The summed E-state index contributed by atoms with van der Waals surface area (Å²) in [5.74, 6) is 0.811. The van der Waals surface area contributed by atoms with Crippen molar-refractivity contribution in [2.24, 2.45) is 0 Å². The highest BCUT2D eigenvalue weighted by atomic mass is 35.5. The molecule has 1 aliphatic heterocycles. The van der Waals surface area contributed by atoms with Gasteiger partial charge in [0.2, 0.25) is 5.91 Å². The third-order valence-electron chi connectivity index (χ3n) is 4.61. The predicted molar refractivity (Wildman–Crippen MR) is 101 cm³/mol. The first-order valence-corrected chi connectivity index (χ1v) is 8.88. The van der Waals surface area contributed by atoms with Crippen molar-refractivity contribution in [2.75, 3.05) is 25.5 Å². The van der Waals surface area contributed by atoms with Crippen LogP contribution in [0.4, 0.5) is 5.69 Å². The smallest absolute Gasteiger partial charge is 0.238 e. The lowest BCUT2D eigenvalue weighted by Gasteiger charge is -2.24. The molecule has 132 valence electrons. The van der Waals surface area contributed by atoms with Crippen molar-refractivity contribution >= 4 is 23.2 Å². The number of carbonyl (C=O) groups is 1. The lowest BCUT2D eigenvalue weighted by molar-refractivity contribution is -0.117. The van der Waals surface area contributed by atoms with Crippen LogP contribution in [-0.2, 0) is 4.79 Å². The number of methoxy groups -OCH3 is 1. The summed E-state index contributed by atoms with van der Waals surface area (Å²) in [6.07, 6.45) is 2.15. The largest absolute Gasteiger partial charge is 0.497 e. The molecule has 25 heavy (non-hydrogen) atoms. The van der Waals surface area contributed by atoms with E-state index in [-0.39, 0.29) is 11.9 Å².